The number of amides is 1. The molecule has 6 nitrogen and oxygen atoms in total. The van der Waals surface area contributed by atoms with Gasteiger partial charge in [0.2, 0.25) is 6.79 Å². The third kappa shape index (κ3) is 3.75. The van der Waals surface area contributed by atoms with E-state index in [2.05, 4.69) is 12.2 Å². The smallest absolute Gasteiger partial charge is 0.338 e. The van der Waals surface area contributed by atoms with Gasteiger partial charge in [-0.1, -0.05) is 19.8 Å². The van der Waals surface area contributed by atoms with Crippen LogP contribution in [0, 0.1) is 5.92 Å². The van der Waals surface area contributed by atoms with E-state index in [1.807, 2.05) is 0 Å². The van der Waals surface area contributed by atoms with E-state index in [0.717, 1.165) is 19.3 Å². The van der Waals surface area contributed by atoms with Gasteiger partial charge in [0, 0.05) is 6.04 Å². The van der Waals surface area contributed by atoms with Crippen LogP contribution in [0.2, 0.25) is 0 Å². The Hall–Kier alpha value is -2.24. The molecule has 1 aromatic carbocycles. The molecule has 1 amide bonds. The second kappa shape index (κ2) is 6.89. The fraction of sp³-hybridized carbons (Fsp3) is 0.529. The lowest BCUT2D eigenvalue weighted by Crippen LogP contribution is -2.42. The van der Waals surface area contributed by atoms with Gasteiger partial charge in [-0.2, -0.15) is 0 Å². The molecule has 1 fully saturated rings. The van der Waals surface area contributed by atoms with Crippen LogP contribution in [-0.4, -0.2) is 31.3 Å². The number of nitrogens with one attached hydrogen (secondary N) is 1. The van der Waals surface area contributed by atoms with E-state index in [-0.39, 0.29) is 25.3 Å². The van der Waals surface area contributed by atoms with Gasteiger partial charge in [-0.3, -0.25) is 4.79 Å². The summed E-state index contributed by atoms with van der Waals surface area (Å²) in [6.07, 6.45) is 4.46. The molecule has 0 radical (unpaired) electrons. The number of carbonyl (C=O) groups excluding carboxylic acids is 2. The summed E-state index contributed by atoms with van der Waals surface area (Å²) in [7, 11) is 0. The zero-order valence-electron chi connectivity index (χ0n) is 13.2. The Bertz CT molecular complexity index is 601. The summed E-state index contributed by atoms with van der Waals surface area (Å²) in [4.78, 5) is 24.0. The fourth-order valence-corrected chi connectivity index (χ4v) is 3.02. The van der Waals surface area contributed by atoms with Gasteiger partial charge in [0.05, 0.1) is 5.56 Å². The molecule has 0 saturated heterocycles. The number of fused-ring (bicyclic) bond motifs is 1. The highest BCUT2D eigenvalue weighted by atomic mass is 16.7. The van der Waals surface area contributed by atoms with Gasteiger partial charge in [0.15, 0.2) is 18.1 Å². The van der Waals surface area contributed by atoms with Gasteiger partial charge in [0.1, 0.15) is 0 Å². The van der Waals surface area contributed by atoms with E-state index >= 15 is 0 Å². The molecule has 1 heterocycles. The Balaban J connectivity index is 1.49. The number of rotatable bonds is 4. The lowest BCUT2D eigenvalue weighted by atomic mass is 9.86. The van der Waals surface area contributed by atoms with E-state index in [0.29, 0.717) is 23.0 Å². The van der Waals surface area contributed by atoms with Crippen LogP contribution in [-0.2, 0) is 9.53 Å². The molecule has 0 spiro atoms. The van der Waals surface area contributed by atoms with E-state index in [1.54, 1.807) is 18.2 Å². The Morgan fingerprint density at radius 3 is 2.83 bits per heavy atom. The van der Waals surface area contributed by atoms with Crippen LogP contribution in [0.5, 0.6) is 11.5 Å². The van der Waals surface area contributed by atoms with Crippen LogP contribution in [0.1, 0.15) is 43.0 Å². The first-order valence-corrected chi connectivity index (χ1v) is 7.99. The number of hydrogen-bond donors (Lipinski definition) is 1. The molecule has 1 aliphatic heterocycles. The quantitative estimate of drug-likeness (QED) is 0.862. The molecule has 124 valence electrons. The van der Waals surface area contributed by atoms with Crippen molar-refractivity contribution in [2.75, 3.05) is 13.4 Å². The van der Waals surface area contributed by atoms with E-state index < -0.39 is 5.97 Å². The molecule has 1 aromatic rings. The fourth-order valence-electron chi connectivity index (χ4n) is 3.02. The standard InChI is InChI=1S/C17H21NO5/c1-11-4-2-3-5-13(11)18-16(19)9-21-17(20)12-6-7-14-15(8-12)23-10-22-14/h6-8,11,13H,2-5,9-10H2,1H3,(H,18,19). The van der Waals surface area contributed by atoms with Crippen LogP contribution in [0.15, 0.2) is 18.2 Å². The first kappa shape index (κ1) is 15.6. The highest BCUT2D eigenvalue weighted by molar-refractivity contribution is 5.92. The maximum atomic E-state index is 12.0. The minimum atomic E-state index is -0.546. The normalized spacial score (nSPS) is 22.5. The third-order valence-corrected chi connectivity index (χ3v) is 4.40. The van der Waals surface area contributed by atoms with Crippen molar-refractivity contribution in [2.45, 2.75) is 38.6 Å². The van der Waals surface area contributed by atoms with Crippen molar-refractivity contribution in [3.05, 3.63) is 23.8 Å². The highest BCUT2D eigenvalue weighted by Crippen LogP contribution is 2.32. The van der Waals surface area contributed by atoms with Crippen molar-refractivity contribution >= 4 is 11.9 Å². The number of carbonyl (C=O) groups is 2. The van der Waals surface area contributed by atoms with Crippen LogP contribution >= 0.6 is 0 Å². The lowest BCUT2D eigenvalue weighted by Gasteiger charge is -2.29. The van der Waals surface area contributed by atoms with E-state index in [9.17, 15) is 9.59 Å². The predicted octanol–water partition coefficient (Wildman–Crippen LogP) is 2.27. The molecule has 2 unspecified atom stereocenters. The maximum Gasteiger partial charge on any atom is 0.338 e. The Kier molecular flexibility index (Phi) is 4.69. The molecule has 23 heavy (non-hydrogen) atoms. The highest BCUT2D eigenvalue weighted by Gasteiger charge is 2.23. The lowest BCUT2D eigenvalue weighted by molar-refractivity contribution is -0.125. The molecule has 2 aliphatic rings. The number of hydrogen-bond acceptors (Lipinski definition) is 5. The summed E-state index contributed by atoms with van der Waals surface area (Å²) >= 11 is 0. The van der Waals surface area contributed by atoms with Crippen LogP contribution in [0.25, 0.3) is 0 Å². The molecule has 1 aliphatic carbocycles. The van der Waals surface area contributed by atoms with E-state index in [4.69, 9.17) is 14.2 Å². The van der Waals surface area contributed by atoms with Gasteiger partial charge in [0.25, 0.3) is 5.91 Å². The number of ether oxygens (including phenoxy) is 3. The van der Waals surface area contributed by atoms with Crippen LogP contribution in [0.4, 0.5) is 0 Å². The monoisotopic (exact) mass is 319 g/mol. The van der Waals surface area contributed by atoms with Gasteiger partial charge >= 0.3 is 5.97 Å². The summed E-state index contributed by atoms with van der Waals surface area (Å²) in [6, 6.07) is 4.99. The summed E-state index contributed by atoms with van der Waals surface area (Å²) in [6.45, 7) is 2.02. The molecule has 3 rings (SSSR count). The molecule has 0 aromatic heterocycles. The van der Waals surface area contributed by atoms with Crippen LogP contribution < -0.4 is 14.8 Å². The maximum absolute atomic E-state index is 12.0. The average Bonchev–Trinajstić information content (AvgIpc) is 3.02. The molecular formula is C17H21NO5. The molecule has 1 saturated carbocycles. The Morgan fingerprint density at radius 2 is 2.00 bits per heavy atom. The van der Waals surface area contributed by atoms with E-state index in [1.165, 1.54) is 6.42 Å². The summed E-state index contributed by atoms with van der Waals surface area (Å²) in [5, 5.41) is 2.96. The van der Waals surface area contributed by atoms with Gasteiger partial charge < -0.3 is 19.5 Å². The molecule has 6 heteroatoms. The largest absolute Gasteiger partial charge is 0.454 e. The van der Waals surface area contributed by atoms with Crippen molar-refractivity contribution in [1.82, 2.24) is 5.32 Å². The number of benzene rings is 1. The van der Waals surface area contributed by atoms with Gasteiger partial charge in [-0.25, -0.2) is 4.79 Å². The Labute approximate surface area is 135 Å². The molecular weight excluding hydrogens is 298 g/mol. The SMILES string of the molecule is CC1CCCCC1NC(=O)COC(=O)c1ccc2c(c1)OCO2. The molecule has 2 atom stereocenters. The summed E-state index contributed by atoms with van der Waals surface area (Å²) in [5.74, 6) is 0.788. The number of esters is 1. The second-order valence-electron chi connectivity index (χ2n) is 6.08. The van der Waals surface area contributed by atoms with Gasteiger partial charge in [-0.15, -0.1) is 0 Å². The zero-order chi connectivity index (χ0) is 16.2. The van der Waals surface area contributed by atoms with Crippen molar-refractivity contribution in [2.24, 2.45) is 5.92 Å². The minimum absolute atomic E-state index is 0.149. The summed E-state index contributed by atoms with van der Waals surface area (Å²) < 4.78 is 15.5. The Morgan fingerprint density at radius 1 is 1.22 bits per heavy atom. The molecule has 0 bridgehead atoms. The first-order chi connectivity index (χ1) is 11.1. The minimum Gasteiger partial charge on any atom is -0.454 e. The van der Waals surface area contributed by atoms with Crippen molar-refractivity contribution in [3.8, 4) is 11.5 Å². The van der Waals surface area contributed by atoms with Crippen molar-refractivity contribution in [1.29, 1.82) is 0 Å². The topological polar surface area (TPSA) is 73.9 Å². The van der Waals surface area contributed by atoms with Crippen molar-refractivity contribution in [3.63, 3.8) is 0 Å². The van der Waals surface area contributed by atoms with Gasteiger partial charge in [-0.05, 0) is 37.0 Å². The van der Waals surface area contributed by atoms with Crippen LogP contribution in [0.3, 0.4) is 0 Å². The molecule has 1 N–H and O–H groups in total. The summed E-state index contributed by atoms with van der Waals surface area (Å²) in [5.41, 5.74) is 0.341. The predicted molar refractivity (Wildman–Crippen MR) is 82.4 cm³/mol. The first-order valence-electron chi connectivity index (χ1n) is 7.99. The second-order valence-corrected chi connectivity index (χ2v) is 6.08. The zero-order valence-corrected chi connectivity index (χ0v) is 13.2. The van der Waals surface area contributed by atoms with Crippen molar-refractivity contribution < 1.29 is 23.8 Å². The average molecular weight is 319 g/mol. The third-order valence-electron chi connectivity index (χ3n) is 4.40.